The van der Waals surface area contributed by atoms with Crippen LogP contribution in [0.5, 0.6) is 0 Å². The van der Waals surface area contributed by atoms with Gasteiger partial charge in [-0.1, -0.05) is 15.9 Å². The van der Waals surface area contributed by atoms with E-state index in [2.05, 4.69) is 26.0 Å². The molecule has 0 heterocycles. The maximum Gasteiger partial charge on any atom is 0.322 e. The molecule has 2 N–H and O–H groups in total. The first-order valence-electron chi connectivity index (χ1n) is 7.44. The summed E-state index contributed by atoms with van der Waals surface area (Å²) in [6.45, 7) is 5.37. The fourth-order valence-electron chi connectivity index (χ4n) is 1.27. The number of ether oxygens (including phenoxy) is 2. The van der Waals surface area contributed by atoms with Gasteiger partial charge in [0, 0.05) is 25.6 Å². The molecule has 0 spiro atoms. The van der Waals surface area contributed by atoms with E-state index >= 15 is 0 Å². The number of alkyl halides is 1. The number of hydrazone groups is 1. The molecular weight excluding hydrogens is 382 g/mol. The minimum Gasteiger partial charge on any atom is -0.465 e. The van der Waals surface area contributed by atoms with Gasteiger partial charge in [0.15, 0.2) is 0 Å². The number of rotatable bonds is 11. The van der Waals surface area contributed by atoms with E-state index < -0.39 is 10.3 Å². The average Bonchev–Trinajstić information content (AvgIpc) is 2.50. The molecule has 0 unspecified atom stereocenters. The lowest BCUT2D eigenvalue weighted by Gasteiger charge is -2.14. The summed E-state index contributed by atoms with van der Waals surface area (Å²) in [4.78, 5) is 37.7. The number of nitrogens with zero attached hydrogens (tertiary/aromatic N) is 2. The minimum atomic E-state index is -0.706. The van der Waals surface area contributed by atoms with Crippen LogP contribution in [0.1, 0.15) is 40.0 Å². The predicted octanol–water partition coefficient (Wildman–Crippen LogP) is 1.39. The van der Waals surface area contributed by atoms with Gasteiger partial charge in [0.1, 0.15) is 22.4 Å². The van der Waals surface area contributed by atoms with Crippen LogP contribution in [0.15, 0.2) is 10.1 Å². The van der Waals surface area contributed by atoms with Gasteiger partial charge < -0.3 is 20.1 Å². The van der Waals surface area contributed by atoms with E-state index in [1.807, 2.05) is 0 Å². The fraction of sp³-hybridized carbons (Fsp3) is 0.667. The van der Waals surface area contributed by atoms with E-state index in [-0.39, 0.29) is 37.8 Å². The van der Waals surface area contributed by atoms with Crippen LogP contribution in [0.25, 0.3) is 0 Å². The number of hydrogen-bond acceptors (Lipinski definition) is 8. The summed E-state index contributed by atoms with van der Waals surface area (Å²) in [6.07, 6.45) is 2.11. The first-order chi connectivity index (χ1) is 11.2. The van der Waals surface area contributed by atoms with E-state index in [0.717, 1.165) is 0 Å². The molecule has 0 saturated heterocycles. The highest BCUT2D eigenvalue weighted by atomic mass is 79.9. The van der Waals surface area contributed by atoms with Gasteiger partial charge in [0.05, 0.1) is 13.0 Å². The first kappa shape index (κ1) is 22.2. The number of ketones is 1. The van der Waals surface area contributed by atoms with E-state index in [9.17, 15) is 14.4 Å². The molecule has 136 valence electrons. The third kappa shape index (κ3) is 11.8. The Balaban J connectivity index is 3.96. The van der Waals surface area contributed by atoms with Gasteiger partial charge >= 0.3 is 11.9 Å². The van der Waals surface area contributed by atoms with Crippen molar-refractivity contribution >= 4 is 45.6 Å². The molecule has 0 saturated carbocycles. The summed E-state index contributed by atoms with van der Waals surface area (Å²) >= 11 is 3.21. The number of carbonyl (C=O) groups is 3. The van der Waals surface area contributed by atoms with Crippen LogP contribution >= 0.6 is 15.9 Å². The standard InChI is InChI=1S/C15H24BrN3O5/c1-11(20)5-6-13(21)24-10-12(19-17)9-18-7-4-8-23-14(22)15(2,3)16/h9H,4-8,10,17H2,1-3H3. The van der Waals surface area contributed by atoms with Crippen molar-refractivity contribution in [3.63, 3.8) is 0 Å². The largest absolute Gasteiger partial charge is 0.465 e. The zero-order valence-corrected chi connectivity index (χ0v) is 15.8. The SMILES string of the molecule is CC(=O)CCC(=O)OCC(C=NCCCOC(=O)C(C)(C)Br)=NN. The molecular formula is C15H24BrN3O5. The second kappa shape index (κ2) is 11.7. The van der Waals surface area contributed by atoms with Crippen molar-refractivity contribution in [2.45, 2.75) is 44.4 Å². The molecule has 0 aromatic heterocycles. The summed E-state index contributed by atoms with van der Waals surface area (Å²) in [5.74, 6) is 4.27. The fourth-order valence-corrected chi connectivity index (χ4v) is 1.39. The van der Waals surface area contributed by atoms with Crippen LogP contribution in [-0.2, 0) is 23.9 Å². The van der Waals surface area contributed by atoms with Crippen molar-refractivity contribution in [2.24, 2.45) is 15.9 Å². The summed E-state index contributed by atoms with van der Waals surface area (Å²) < 4.78 is 9.27. The van der Waals surface area contributed by atoms with Gasteiger partial charge in [0.2, 0.25) is 0 Å². The molecule has 0 aliphatic carbocycles. The third-order valence-electron chi connectivity index (χ3n) is 2.62. The Morgan fingerprint density at radius 1 is 1.21 bits per heavy atom. The van der Waals surface area contributed by atoms with Gasteiger partial charge in [-0.05, 0) is 20.8 Å². The van der Waals surface area contributed by atoms with E-state index in [1.165, 1.54) is 13.1 Å². The molecule has 0 atom stereocenters. The summed E-state index contributed by atoms with van der Waals surface area (Å²) in [7, 11) is 0. The summed E-state index contributed by atoms with van der Waals surface area (Å²) in [5.41, 5.74) is 0.296. The van der Waals surface area contributed by atoms with Gasteiger partial charge in [-0.15, -0.1) is 0 Å². The topological polar surface area (TPSA) is 120 Å². The Hall–Kier alpha value is -1.77. The van der Waals surface area contributed by atoms with Crippen LogP contribution in [-0.4, -0.2) is 53.7 Å². The second-order valence-electron chi connectivity index (χ2n) is 5.48. The van der Waals surface area contributed by atoms with Gasteiger partial charge in [-0.25, -0.2) is 0 Å². The number of Topliss-reactive ketones (excluding diaryl/α,β-unsaturated/α-hetero) is 1. The molecule has 8 nitrogen and oxygen atoms in total. The Bertz CT molecular complexity index is 498. The van der Waals surface area contributed by atoms with Crippen molar-refractivity contribution in [1.82, 2.24) is 0 Å². The Morgan fingerprint density at radius 3 is 2.42 bits per heavy atom. The zero-order valence-electron chi connectivity index (χ0n) is 14.2. The molecule has 0 aromatic carbocycles. The number of hydrogen-bond donors (Lipinski definition) is 1. The molecule has 0 aromatic rings. The van der Waals surface area contributed by atoms with E-state index in [1.54, 1.807) is 13.8 Å². The quantitative estimate of drug-likeness (QED) is 0.138. The molecule has 0 fully saturated rings. The maximum atomic E-state index is 11.5. The van der Waals surface area contributed by atoms with Crippen LogP contribution in [0, 0.1) is 0 Å². The normalized spacial score (nSPS) is 12.2. The lowest BCUT2D eigenvalue weighted by Crippen LogP contribution is -2.27. The van der Waals surface area contributed by atoms with Crippen molar-refractivity contribution in [2.75, 3.05) is 19.8 Å². The molecule has 0 aliphatic rings. The molecule has 0 bridgehead atoms. The van der Waals surface area contributed by atoms with Crippen molar-refractivity contribution in [3.8, 4) is 0 Å². The highest BCUT2D eigenvalue weighted by molar-refractivity contribution is 9.10. The highest BCUT2D eigenvalue weighted by Crippen LogP contribution is 2.17. The van der Waals surface area contributed by atoms with Crippen LogP contribution < -0.4 is 5.84 Å². The smallest absolute Gasteiger partial charge is 0.322 e. The number of nitrogens with two attached hydrogens (primary N) is 1. The lowest BCUT2D eigenvalue weighted by molar-refractivity contribution is -0.145. The van der Waals surface area contributed by atoms with Gasteiger partial charge in [-0.3, -0.25) is 14.6 Å². The second-order valence-corrected chi connectivity index (χ2v) is 7.46. The molecule has 0 rings (SSSR count). The first-order valence-corrected chi connectivity index (χ1v) is 8.24. The zero-order chi connectivity index (χ0) is 18.6. The van der Waals surface area contributed by atoms with Crippen LogP contribution in [0.4, 0.5) is 0 Å². The van der Waals surface area contributed by atoms with Crippen LogP contribution in [0.3, 0.4) is 0 Å². The maximum absolute atomic E-state index is 11.5. The molecule has 0 aliphatic heterocycles. The van der Waals surface area contributed by atoms with E-state index in [0.29, 0.717) is 18.7 Å². The molecule has 0 radical (unpaired) electrons. The highest BCUT2D eigenvalue weighted by Gasteiger charge is 2.24. The number of carbonyl (C=O) groups excluding carboxylic acids is 3. The minimum absolute atomic E-state index is 0.0274. The Kier molecular flexibility index (Phi) is 10.9. The molecule has 0 amide bonds. The predicted molar refractivity (Wildman–Crippen MR) is 94.4 cm³/mol. The number of halogens is 1. The number of esters is 2. The Labute approximate surface area is 150 Å². The average molecular weight is 406 g/mol. The van der Waals surface area contributed by atoms with Gasteiger partial charge in [-0.2, -0.15) is 5.10 Å². The van der Waals surface area contributed by atoms with Crippen molar-refractivity contribution < 1.29 is 23.9 Å². The Morgan fingerprint density at radius 2 is 1.88 bits per heavy atom. The van der Waals surface area contributed by atoms with Crippen molar-refractivity contribution in [3.05, 3.63) is 0 Å². The van der Waals surface area contributed by atoms with Gasteiger partial charge in [0.25, 0.3) is 0 Å². The third-order valence-corrected chi connectivity index (χ3v) is 2.94. The monoisotopic (exact) mass is 405 g/mol. The number of aliphatic imine (C=N–C) groups is 1. The van der Waals surface area contributed by atoms with Crippen LogP contribution in [0.2, 0.25) is 0 Å². The summed E-state index contributed by atoms with van der Waals surface area (Å²) in [5, 5.41) is 3.47. The molecule has 24 heavy (non-hydrogen) atoms. The van der Waals surface area contributed by atoms with E-state index in [4.69, 9.17) is 15.3 Å². The lowest BCUT2D eigenvalue weighted by atomic mass is 10.2. The van der Waals surface area contributed by atoms with Crippen molar-refractivity contribution in [1.29, 1.82) is 0 Å². The molecule has 9 heteroatoms. The summed E-state index contributed by atoms with van der Waals surface area (Å²) in [6, 6.07) is 0.